The fraction of sp³-hybridized carbons (Fsp3) is 0.241. The zero-order valence-corrected chi connectivity index (χ0v) is 20.5. The van der Waals surface area contributed by atoms with Gasteiger partial charge in [0.2, 0.25) is 11.9 Å². The zero-order chi connectivity index (χ0) is 25.1. The van der Waals surface area contributed by atoms with Gasteiger partial charge in [-0.05, 0) is 60.2 Å². The van der Waals surface area contributed by atoms with Crippen LogP contribution >= 0.6 is 0 Å². The summed E-state index contributed by atoms with van der Waals surface area (Å²) in [6.45, 7) is 0.762. The summed E-state index contributed by atoms with van der Waals surface area (Å²) in [5.41, 5.74) is 5.52. The lowest BCUT2D eigenvalue weighted by atomic mass is 9.93. The van der Waals surface area contributed by atoms with Crippen LogP contribution in [0.1, 0.15) is 41.2 Å². The van der Waals surface area contributed by atoms with Crippen LogP contribution in [0.3, 0.4) is 0 Å². The first-order valence-electron chi connectivity index (χ1n) is 12.7. The first kappa shape index (κ1) is 21.8. The van der Waals surface area contributed by atoms with Crippen LogP contribution in [-0.2, 0) is 11.8 Å². The lowest BCUT2D eigenvalue weighted by molar-refractivity contribution is -0.117. The van der Waals surface area contributed by atoms with Crippen molar-refractivity contribution in [2.24, 2.45) is 13.0 Å². The molecule has 37 heavy (non-hydrogen) atoms. The van der Waals surface area contributed by atoms with E-state index in [-0.39, 0.29) is 23.8 Å². The van der Waals surface area contributed by atoms with E-state index in [1.165, 1.54) is 5.56 Å². The third-order valence-electron chi connectivity index (χ3n) is 7.54. The van der Waals surface area contributed by atoms with Crippen LogP contribution in [0, 0.1) is 5.92 Å². The average Bonchev–Trinajstić information content (AvgIpc) is 3.59. The molecular weight excluding hydrogens is 464 g/mol. The Balaban J connectivity index is 1.21. The fourth-order valence-electron chi connectivity index (χ4n) is 5.22. The number of pyridine rings is 1. The molecule has 1 aliphatic carbocycles. The second kappa shape index (κ2) is 8.30. The molecule has 0 spiro atoms. The predicted octanol–water partition coefficient (Wildman–Crippen LogP) is 4.82. The fourth-order valence-corrected chi connectivity index (χ4v) is 5.22. The Labute approximate surface area is 213 Å². The van der Waals surface area contributed by atoms with E-state index in [0.29, 0.717) is 17.2 Å². The molecule has 0 radical (unpaired) electrons. The average molecular weight is 491 g/mol. The molecule has 3 aromatic heterocycles. The van der Waals surface area contributed by atoms with Gasteiger partial charge in [0.25, 0.3) is 5.91 Å². The number of amides is 2. The van der Waals surface area contributed by atoms with Gasteiger partial charge in [0.05, 0.1) is 11.6 Å². The molecule has 1 saturated heterocycles. The number of hydrogen-bond acceptors (Lipinski definition) is 4. The molecule has 8 nitrogen and oxygen atoms in total. The van der Waals surface area contributed by atoms with Gasteiger partial charge in [0, 0.05) is 42.8 Å². The van der Waals surface area contributed by atoms with Crippen LogP contribution in [0.15, 0.2) is 73.1 Å². The number of anilines is 1. The Bertz CT molecular complexity index is 1680. The number of likely N-dealkylation sites (tertiary alicyclic amines) is 1. The maximum absolute atomic E-state index is 13.7. The normalized spacial score (nSPS) is 17.2. The summed E-state index contributed by atoms with van der Waals surface area (Å²) < 4.78 is 3.68. The highest BCUT2D eigenvalue weighted by Crippen LogP contribution is 2.36. The minimum Gasteiger partial charge on any atom is -0.350 e. The third kappa shape index (κ3) is 3.76. The summed E-state index contributed by atoms with van der Waals surface area (Å²) >= 11 is 0. The Kier molecular flexibility index (Phi) is 4.89. The number of nitrogens with zero attached hydrogens (tertiary/aromatic N) is 5. The minimum absolute atomic E-state index is 0.0143. The van der Waals surface area contributed by atoms with Gasteiger partial charge in [-0.1, -0.05) is 36.4 Å². The highest BCUT2D eigenvalue weighted by atomic mass is 16.2. The number of rotatable bonds is 5. The minimum atomic E-state index is -0.0143. The molecule has 2 aliphatic rings. The highest BCUT2D eigenvalue weighted by Gasteiger charge is 2.35. The molecule has 1 unspecified atom stereocenters. The highest BCUT2D eigenvalue weighted by molar-refractivity contribution is 6.08. The van der Waals surface area contributed by atoms with Crippen LogP contribution in [-0.4, -0.2) is 42.4 Å². The van der Waals surface area contributed by atoms with E-state index in [2.05, 4.69) is 45.7 Å². The molecule has 2 amide bonds. The molecule has 5 aromatic rings. The lowest BCUT2D eigenvalue weighted by Crippen LogP contribution is -2.45. The van der Waals surface area contributed by atoms with Gasteiger partial charge >= 0.3 is 0 Å². The van der Waals surface area contributed by atoms with Gasteiger partial charge in [0.15, 0.2) is 5.65 Å². The SMILES string of the molecule is Cn1cc(C(=O)N2CCC2c2ccccc2)c2cc(-c3ccn4nc(NC(=O)C5CC5)nc4c3)ccc21. The molecule has 7 rings (SSSR count). The van der Waals surface area contributed by atoms with E-state index in [4.69, 9.17) is 0 Å². The van der Waals surface area contributed by atoms with E-state index in [0.717, 1.165) is 47.8 Å². The van der Waals surface area contributed by atoms with E-state index < -0.39 is 0 Å². The van der Waals surface area contributed by atoms with Crippen LogP contribution in [0.4, 0.5) is 5.95 Å². The summed E-state index contributed by atoms with van der Waals surface area (Å²) in [6, 6.07) is 20.5. The Morgan fingerprint density at radius 2 is 1.78 bits per heavy atom. The Hall–Kier alpha value is -4.46. The summed E-state index contributed by atoms with van der Waals surface area (Å²) in [5, 5.41) is 8.12. The maximum atomic E-state index is 13.7. The van der Waals surface area contributed by atoms with Gasteiger partial charge in [-0.15, -0.1) is 5.10 Å². The number of hydrogen-bond donors (Lipinski definition) is 1. The summed E-state index contributed by atoms with van der Waals surface area (Å²) in [5.74, 6) is 0.463. The Morgan fingerprint density at radius 1 is 0.973 bits per heavy atom. The molecule has 4 heterocycles. The van der Waals surface area contributed by atoms with Gasteiger partial charge in [-0.2, -0.15) is 4.98 Å². The van der Waals surface area contributed by atoms with Gasteiger partial charge in [0.1, 0.15) is 0 Å². The molecule has 2 fully saturated rings. The van der Waals surface area contributed by atoms with Crippen LogP contribution < -0.4 is 5.32 Å². The maximum Gasteiger partial charge on any atom is 0.256 e. The summed E-state index contributed by atoms with van der Waals surface area (Å²) in [7, 11) is 1.98. The molecular formula is C29H26N6O2. The van der Waals surface area contributed by atoms with E-state index in [1.807, 2.05) is 59.2 Å². The van der Waals surface area contributed by atoms with Crippen molar-refractivity contribution in [3.05, 3.63) is 84.2 Å². The standard InChI is InChI=1S/C29H26N6O2/c1-33-17-23(28(37)34-13-12-24(34)18-5-3-2-4-6-18)22-15-20(9-10-25(22)33)21-11-14-35-26(16-21)30-29(32-35)31-27(36)19-7-8-19/h2-6,9-11,14-17,19,24H,7-8,12-13H2,1H3,(H,31,32,36). The van der Waals surface area contributed by atoms with Crippen molar-refractivity contribution in [2.75, 3.05) is 11.9 Å². The first-order chi connectivity index (χ1) is 18.0. The largest absolute Gasteiger partial charge is 0.350 e. The number of benzene rings is 2. The number of carbonyl (C=O) groups is 2. The van der Waals surface area contributed by atoms with Crippen molar-refractivity contribution < 1.29 is 9.59 Å². The molecule has 2 aromatic carbocycles. The third-order valence-corrected chi connectivity index (χ3v) is 7.54. The number of nitrogens with one attached hydrogen (secondary N) is 1. The summed E-state index contributed by atoms with van der Waals surface area (Å²) in [4.78, 5) is 32.2. The van der Waals surface area contributed by atoms with Crippen molar-refractivity contribution >= 4 is 34.3 Å². The Morgan fingerprint density at radius 3 is 2.54 bits per heavy atom. The molecule has 1 aliphatic heterocycles. The van der Waals surface area contributed by atoms with Crippen molar-refractivity contribution in [1.29, 1.82) is 0 Å². The van der Waals surface area contributed by atoms with Crippen LogP contribution in [0.25, 0.3) is 27.7 Å². The van der Waals surface area contributed by atoms with E-state index in [1.54, 1.807) is 4.52 Å². The number of fused-ring (bicyclic) bond motifs is 2. The lowest BCUT2D eigenvalue weighted by Gasteiger charge is -2.41. The second-order valence-corrected chi connectivity index (χ2v) is 10.0. The quantitative estimate of drug-likeness (QED) is 0.383. The molecule has 1 N–H and O–H groups in total. The number of aryl methyl sites for hydroxylation is 1. The van der Waals surface area contributed by atoms with Crippen LogP contribution in [0.2, 0.25) is 0 Å². The molecule has 1 atom stereocenters. The van der Waals surface area contributed by atoms with E-state index >= 15 is 0 Å². The van der Waals surface area contributed by atoms with Crippen molar-refractivity contribution in [3.8, 4) is 11.1 Å². The van der Waals surface area contributed by atoms with Gasteiger partial charge in [-0.25, -0.2) is 4.52 Å². The molecule has 1 saturated carbocycles. The van der Waals surface area contributed by atoms with E-state index in [9.17, 15) is 9.59 Å². The van der Waals surface area contributed by atoms with Crippen LogP contribution in [0.5, 0.6) is 0 Å². The van der Waals surface area contributed by atoms with Gasteiger partial charge < -0.3 is 9.47 Å². The number of aromatic nitrogens is 4. The monoisotopic (exact) mass is 490 g/mol. The smallest absolute Gasteiger partial charge is 0.256 e. The molecule has 0 bridgehead atoms. The van der Waals surface area contributed by atoms with Crippen molar-refractivity contribution in [1.82, 2.24) is 24.1 Å². The molecule has 8 heteroatoms. The summed E-state index contributed by atoms with van der Waals surface area (Å²) in [6.07, 6.45) is 6.62. The van der Waals surface area contributed by atoms with Crippen molar-refractivity contribution in [2.45, 2.75) is 25.3 Å². The zero-order valence-electron chi connectivity index (χ0n) is 20.5. The van der Waals surface area contributed by atoms with Crippen molar-refractivity contribution in [3.63, 3.8) is 0 Å². The predicted molar refractivity (Wildman–Crippen MR) is 141 cm³/mol. The second-order valence-electron chi connectivity index (χ2n) is 10.0. The topological polar surface area (TPSA) is 84.5 Å². The van der Waals surface area contributed by atoms with Gasteiger partial charge in [-0.3, -0.25) is 14.9 Å². The molecule has 184 valence electrons. The number of carbonyl (C=O) groups excluding carboxylic acids is 2. The first-order valence-corrected chi connectivity index (χ1v) is 12.7.